The Morgan fingerprint density at radius 1 is 1.54 bits per heavy atom. The quantitative estimate of drug-likeness (QED) is 0.547. The molecule has 74 valence electrons. The maximum Gasteiger partial charge on any atom is 0.326 e. The summed E-state index contributed by atoms with van der Waals surface area (Å²) in [6, 6.07) is -0.878. The second-order valence-corrected chi connectivity index (χ2v) is 2.77. The Balaban J connectivity index is 3.75. The van der Waals surface area contributed by atoms with Crippen molar-refractivity contribution >= 4 is 18.2 Å². The van der Waals surface area contributed by atoms with E-state index in [0.717, 1.165) is 0 Å². The fourth-order valence-corrected chi connectivity index (χ4v) is 0.915. The van der Waals surface area contributed by atoms with Gasteiger partial charge in [-0.3, -0.25) is 4.79 Å². The number of rotatable bonds is 7. The maximum absolute atomic E-state index is 10.5. The van der Waals surface area contributed by atoms with Gasteiger partial charge in [0.1, 0.15) is 11.8 Å². The number of ketones is 1. The lowest BCUT2D eigenvalue weighted by Gasteiger charge is -2.09. The van der Waals surface area contributed by atoms with E-state index in [1.807, 2.05) is 0 Å². The molecule has 0 bridgehead atoms. The number of amides is 1. The number of hydrogen-bond acceptors (Lipinski definition) is 3. The Kier molecular flexibility index (Phi) is 5.50. The van der Waals surface area contributed by atoms with E-state index in [-0.39, 0.29) is 12.2 Å². The molecule has 0 rings (SSSR count). The molecule has 0 aromatic rings. The minimum atomic E-state index is -1.07. The normalized spacial score (nSPS) is 11.8. The largest absolute Gasteiger partial charge is 0.480 e. The van der Waals surface area contributed by atoms with Crippen molar-refractivity contribution in [2.24, 2.45) is 0 Å². The number of Topliss-reactive ketones (excluding diaryl/α,β-unsaturated/α-hetero) is 1. The molecule has 5 heteroatoms. The third-order valence-corrected chi connectivity index (χ3v) is 1.59. The first-order chi connectivity index (χ1) is 6.07. The van der Waals surface area contributed by atoms with Crippen molar-refractivity contribution < 1.29 is 19.5 Å². The van der Waals surface area contributed by atoms with Crippen LogP contribution in [0.25, 0.3) is 0 Å². The molecule has 0 fully saturated rings. The Hall–Kier alpha value is -1.39. The number of aliphatic carboxylic acids is 1. The maximum atomic E-state index is 10.5. The molecule has 0 aliphatic carbocycles. The topological polar surface area (TPSA) is 83.5 Å². The molecule has 1 atom stereocenters. The summed E-state index contributed by atoms with van der Waals surface area (Å²) in [5.74, 6) is -1.05. The van der Waals surface area contributed by atoms with Gasteiger partial charge < -0.3 is 15.2 Å². The molecule has 0 aliphatic rings. The summed E-state index contributed by atoms with van der Waals surface area (Å²) >= 11 is 0. The SMILES string of the molecule is CC(=O)CCCC(NC=O)C(=O)O. The van der Waals surface area contributed by atoms with E-state index in [2.05, 4.69) is 5.32 Å². The summed E-state index contributed by atoms with van der Waals surface area (Å²) in [5.41, 5.74) is 0. The highest BCUT2D eigenvalue weighted by atomic mass is 16.4. The first-order valence-corrected chi connectivity index (χ1v) is 4.00. The fraction of sp³-hybridized carbons (Fsp3) is 0.625. The zero-order valence-corrected chi connectivity index (χ0v) is 7.45. The van der Waals surface area contributed by atoms with Crippen LogP contribution in [0.1, 0.15) is 26.2 Å². The number of carboxylic acid groups (broad SMARTS) is 1. The van der Waals surface area contributed by atoms with E-state index < -0.39 is 12.0 Å². The van der Waals surface area contributed by atoms with E-state index in [0.29, 0.717) is 19.3 Å². The highest BCUT2D eigenvalue weighted by Gasteiger charge is 2.15. The number of nitrogens with one attached hydrogen (secondary N) is 1. The molecule has 0 heterocycles. The zero-order valence-electron chi connectivity index (χ0n) is 7.45. The van der Waals surface area contributed by atoms with Crippen molar-refractivity contribution in [3.8, 4) is 0 Å². The molecule has 1 unspecified atom stereocenters. The summed E-state index contributed by atoms with van der Waals surface area (Å²) in [6.45, 7) is 1.45. The van der Waals surface area contributed by atoms with Crippen molar-refractivity contribution in [1.82, 2.24) is 5.32 Å². The second-order valence-electron chi connectivity index (χ2n) is 2.77. The number of carbonyl (C=O) groups is 3. The Morgan fingerprint density at radius 3 is 2.54 bits per heavy atom. The van der Waals surface area contributed by atoms with Gasteiger partial charge >= 0.3 is 5.97 Å². The molecule has 0 spiro atoms. The lowest BCUT2D eigenvalue weighted by Crippen LogP contribution is -2.35. The monoisotopic (exact) mass is 187 g/mol. The van der Waals surface area contributed by atoms with E-state index in [9.17, 15) is 14.4 Å². The third kappa shape index (κ3) is 5.84. The van der Waals surface area contributed by atoms with Gasteiger partial charge in [-0.15, -0.1) is 0 Å². The van der Waals surface area contributed by atoms with Crippen LogP contribution in [0.15, 0.2) is 0 Å². The highest BCUT2D eigenvalue weighted by molar-refractivity contribution is 5.77. The second kappa shape index (κ2) is 6.16. The Morgan fingerprint density at radius 2 is 2.15 bits per heavy atom. The third-order valence-electron chi connectivity index (χ3n) is 1.59. The summed E-state index contributed by atoms with van der Waals surface area (Å²) < 4.78 is 0. The first kappa shape index (κ1) is 11.6. The van der Waals surface area contributed by atoms with Crippen molar-refractivity contribution in [2.45, 2.75) is 32.2 Å². The highest BCUT2D eigenvalue weighted by Crippen LogP contribution is 2.01. The average Bonchev–Trinajstić information content (AvgIpc) is 2.02. The van der Waals surface area contributed by atoms with Gasteiger partial charge in [0.25, 0.3) is 0 Å². The predicted molar refractivity (Wildman–Crippen MR) is 45.2 cm³/mol. The predicted octanol–water partition coefficient (Wildman–Crippen LogP) is -0.0551. The van der Waals surface area contributed by atoms with Gasteiger partial charge in [0.05, 0.1) is 0 Å². The minimum absolute atomic E-state index is 0.0234. The minimum Gasteiger partial charge on any atom is -0.480 e. The molecule has 2 N–H and O–H groups in total. The first-order valence-electron chi connectivity index (χ1n) is 4.00. The van der Waals surface area contributed by atoms with Gasteiger partial charge in [-0.1, -0.05) is 0 Å². The summed E-state index contributed by atoms with van der Waals surface area (Å²) in [7, 11) is 0. The van der Waals surface area contributed by atoms with Crippen molar-refractivity contribution in [1.29, 1.82) is 0 Å². The molecule has 0 saturated carbocycles. The molecule has 0 radical (unpaired) electrons. The molecule has 0 aromatic carbocycles. The molecule has 0 saturated heterocycles. The molecular weight excluding hydrogens is 174 g/mol. The van der Waals surface area contributed by atoms with E-state index in [4.69, 9.17) is 5.11 Å². The van der Waals surface area contributed by atoms with Crippen LogP contribution in [0.5, 0.6) is 0 Å². The van der Waals surface area contributed by atoms with Crippen LogP contribution >= 0.6 is 0 Å². The van der Waals surface area contributed by atoms with Gasteiger partial charge in [-0.05, 0) is 19.8 Å². The van der Waals surface area contributed by atoms with Crippen LogP contribution in [0.2, 0.25) is 0 Å². The van der Waals surface area contributed by atoms with Gasteiger partial charge in [-0.25, -0.2) is 4.79 Å². The van der Waals surface area contributed by atoms with E-state index >= 15 is 0 Å². The van der Waals surface area contributed by atoms with Crippen molar-refractivity contribution in [3.63, 3.8) is 0 Å². The van der Waals surface area contributed by atoms with Crippen LogP contribution in [-0.4, -0.2) is 29.3 Å². The van der Waals surface area contributed by atoms with E-state index in [1.54, 1.807) is 0 Å². The lowest BCUT2D eigenvalue weighted by molar-refractivity contribution is -0.140. The van der Waals surface area contributed by atoms with Crippen molar-refractivity contribution in [2.75, 3.05) is 0 Å². The molecule has 0 aliphatic heterocycles. The summed E-state index contributed by atoms with van der Waals surface area (Å²) in [5, 5.41) is 10.7. The van der Waals surface area contributed by atoms with Crippen molar-refractivity contribution in [3.05, 3.63) is 0 Å². The number of hydrogen-bond donors (Lipinski definition) is 2. The van der Waals surface area contributed by atoms with Gasteiger partial charge in [-0.2, -0.15) is 0 Å². The average molecular weight is 187 g/mol. The van der Waals surface area contributed by atoms with Gasteiger partial charge in [0, 0.05) is 6.42 Å². The van der Waals surface area contributed by atoms with E-state index in [1.165, 1.54) is 6.92 Å². The number of carboxylic acids is 1. The number of carbonyl (C=O) groups excluding carboxylic acids is 2. The summed E-state index contributed by atoms with van der Waals surface area (Å²) in [4.78, 5) is 30.9. The van der Waals surface area contributed by atoms with Crippen LogP contribution in [0.3, 0.4) is 0 Å². The Bertz CT molecular complexity index is 202. The lowest BCUT2D eigenvalue weighted by atomic mass is 10.1. The van der Waals surface area contributed by atoms with Gasteiger partial charge in [0.2, 0.25) is 6.41 Å². The standard InChI is InChI=1S/C8H13NO4/c1-6(11)3-2-4-7(8(12)13)9-5-10/h5,7H,2-4H2,1H3,(H,9,10)(H,12,13). The van der Waals surface area contributed by atoms with Crippen LogP contribution in [0.4, 0.5) is 0 Å². The summed E-state index contributed by atoms with van der Waals surface area (Å²) in [6.07, 6.45) is 1.47. The smallest absolute Gasteiger partial charge is 0.326 e. The zero-order chi connectivity index (χ0) is 10.3. The molecule has 13 heavy (non-hydrogen) atoms. The van der Waals surface area contributed by atoms with Crippen LogP contribution in [-0.2, 0) is 14.4 Å². The van der Waals surface area contributed by atoms with Crippen LogP contribution < -0.4 is 5.32 Å². The molecule has 1 amide bonds. The molecule has 0 aromatic heterocycles. The molecular formula is C8H13NO4. The Labute approximate surface area is 76.1 Å². The fourth-order valence-electron chi connectivity index (χ4n) is 0.915. The molecule has 5 nitrogen and oxygen atoms in total. The van der Waals surface area contributed by atoms with Crippen LogP contribution in [0, 0.1) is 0 Å². The van der Waals surface area contributed by atoms with Gasteiger partial charge in [0.15, 0.2) is 0 Å².